The Morgan fingerprint density at radius 1 is 0.810 bits per heavy atom. The zero-order valence-electron chi connectivity index (χ0n) is 12.9. The van der Waals surface area contributed by atoms with Gasteiger partial charge in [-0.05, 0) is 19.3 Å². The van der Waals surface area contributed by atoms with Gasteiger partial charge in [0.05, 0.1) is 35.7 Å². The summed E-state index contributed by atoms with van der Waals surface area (Å²) in [6.07, 6.45) is 5.46. The molecule has 0 spiro atoms. The molecule has 7 heteroatoms. The van der Waals surface area contributed by atoms with Gasteiger partial charge in [-0.3, -0.25) is 0 Å². The Labute approximate surface area is 129 Å². The molecule has 0 aromatic heterocycles. The normalized spacial score (nSPS) is 18.8. The molecule has 1 aliphatic heterocycles. The number of hydrogen-bond donors (Lipinski definition) is 0. The van der Waals surface area contributed by atoms with Crippen LogP contribution in [0, 0.1) is 0 Å². The van der Waals surface area contributed by atoms with Crippen LogP contribution in [0.2, 0.25) is 0 Å². The highest BCUT2D eigenvalue weighted by Gasteiger charge is 2.28. The van der Waals surface area contributed by atoms with Crippen LogP contribution in [0.5, 0.6) is 0 Å². The van der Waals surface area contributed by atoms with Gasteiger partial charge in [-0.15, -0.1) is 0 Å². The monoisotopic (exact) mass is 340 g/mol. The third-order valence-corrected chi connectivity index (χ3v) is 7.17. The quantitative estimate of drug-likeness (QED) is 0.378. The molecule has 0 aromatic rings. The summed E-state index contributed by atoms with van der Waals surface area (Å²) < 4.78 is 51.6. The average Bonchev–Trinajstić information content (AvgIpc) is 3.17. The lowest BCUT2D eigenvalue weighted by Gasteiger charge is -2.05. The second-order valence-corrected chi connectivity index (χ2v) is 10.4. The van der Waals surface area contributed by atoms with Crippen molar-refractivity contribution in [3.63, 3.8) is 0 Å². The van der Waals surface area contributed by atoms with Gasteiger partial charge < -0.3 is 4.74 Å². The van der Waals surface area contributed by atoms with Gasteiger partial charge in [-0.25, -0.2) is 16.8 Å². The molecule has 0 bridgehead atoms. The van der Waals surface area contributed by atoms with Gasteiger partial charge >= 0.3 is 0 Å². The van der Waals surface area contributed by atoms with E-state index in [0.29, 0.717) is 19.4 Å². The number of sulfone groups is 2. The van der Waals surface area contributed by atoms with Gasteiger partial charge in [0.25, 0.3) is 0 Å². The molecule has 1 atom stereocenters. The van der Waals surface area contributed by atoms with E-state index >= 15 is 0 Å². The van der Waals surface area contributed by atoms with Crippen LogP contribution >= 0.6 is 0 Å². The van der Waals surface area contributed by atoms with Gasteiger partial charge in [-0.1, -0.05) is 32.6 Å². The van der Waals surface area contributed by atoms with Crippen molar-refractivity contribution in [2.75, 3.05) is 29.6 Å². The van der Waals surface area contributed by atoms with Crippen molar-refractivity contribution in [1.82, 2.24) is 0 Å². The fourth-order valence-corrected chi connectivity index (χ4v) is 5.26. The average molecular weight is 341 g/mol. The van der Waals surface area contributed by atoms with Gasteiger partial charge in [0.2, 0.25) is 0 Å². The van der Waals surface area contributed by atoms with Crippen molar-refractivity contribution in [1.29, 1.82) is 0 Å². The van der Waals surface area contributed by atoms with Crippen LogP contribution in [0.4, 0.5) is 0 Å². The topological polar surface area (TPSA) is 80.8 Å². The smallest absolute Gasteiger partial charge is 0.152 e. The zero-order valence-corrected chi connectivity index (χ0v) is 14.6. The molecule has 0 aliphatic carbocycles. The summed E-state index contributed by atoms with van der Waals surface area (Å²) in [5.41, 5.74) is 0. The molecular weight excluding hydrogens is 312 g/mol. The highest BCUT2D eigenvalue weighted by molar-refractivity contribution is 7.91. The summed E-state index contributed by atoms with van der Waals surface area (Å²) in [7, 11) is -5.90. The molecule has 126 valence electrons. The summed E-state index contributed by atoms with van der Waals surface area (Å²) in [5, 5.41) is 0. The van der Waals surface area contributed by atoms with E-state index in [1.807, 2.05) is 0 Å². The van der Waals surface area contributed by atoms with Gasteiger partial charge in [0, 0.05) is 0 Å². The lowest BCUT2D eigenvalue weighted by atomic mass is 10.2. The van der Waals surface area contributed by atoms with Crippen LogP contribution in [0.15, 0.2) is 0 Å². The van der Waals surface area contributed by atoms with Crippen LogP contribution in [-0.2, 0) is 24.4 Å². The summed E-state index contributed by atoms with van der Waals surface area (Å²) in [6, 6.07) is 0. The third kappa shape index (κ3) is 10.3. The van der Waals surface area contributed by atoms with Gasteiger partial charge in [0.1, 0.15) is 9.84 Å². The number of epoxide rings is 1. The molecular formula is C14H28O5S2. The summed E-state index contributed by atoms with van der Waals surface area (Å²) in [4.78, 5) is 0. The minimum atomic E-state index is -2.99. The first kappa shape index (κ1) is 18.9. The number of rotatable bonds is 13. The predicted molar refractivity (Wildman–Crippen MR) is 85.0 cm³/mol. The highest BCUT2D eigenvalue weighted by atomic mass is 32.2. The van der Waals surface area contributed by atoms with Crippen molar-refractivity contribution in [3.05, 3.63) is 0 Å². The Balaban J connectivity index is 2.03. The van der Waals surface area contributed by atoms with E-state index in [1.165, 1.54) is 0 Å². The Morgan fingerprint density at radius 2 is 1.29 bits per heavy atom. The van der Waals surface area contributed by atoms with Crippen LogP contribution in [0.1, 0.15) is 51.9 Å². The first-order valence-corrected chi connectivity index (χ1v) is 11.5. The fourth-order valence-electron chi connectivity index (χ4n) is 2.20. The largest absolute Gasteiger partial charge is 0.372 e. The van der Waals surface area contributed by atoms with E-state index in [2.05, 4.69) is 6.92 Å². The van der Waals surface area contributed by atoms with Crippen LogP contribution in [-0.4, -0.2) is 52.6 Å². The fraction of sp³-hybridized carbons (Fsp3) is 1.00. The molecule has 0 radical (unpaired) electrons. The number of unbranched alkanes of at least 4 members (excludes halogenated alkanes) is 5. The van der Waals surface area contributed by atoms with Crippen LogP contribution < -0.4 is 0 Å². The molecule has 1 rings (SSSR count). The van der Waals surface area contributed by atoms with E-state index in [4.69, 9.17) is 4.74 Å². The van der Waals surface area contributed by atoms with E-state index in [0.717, 1.165) is 32.1 Å². The SMILES string of the molecule is CCCCCS(=O)(=O)CCCCCCS(=O)(=O)CC1CO1. The summed E-state index contributed by atoms with van der Waals surface area (Å²) in [5.74, 6) is 0.852. The van der Waals surface area contributed by atoms with E-state index < -0.39 is 19.7 Å². The minimum Gasteiger partial charge on any atom is -0.372 e. The van der Waals surface area contributed by atoms with Crippen molar-refractivity contribution >= 4 is 19.7 Å². The summed E-state index contributed by atoms with van der Waals surface area (Å²) in [6.45, 7) is 2.62. The zero-order chi connectivity index (χ0) is 15.8. The van der Waals surface area contributed by atoms with Crippen molar-refractivity contribution in [3.8, 4) is 0 Å². The predicted octanol–water partition coefficient (Wildman–Crippen LogP) is 1.97. The molecule has 1 fully saturated rings. The molecule has 21 heavy (non-hydrogen) atoms. The van der Waals surface area contributed by atoms with Gasteiger partial charge in [0.15, 0.2) is 9.84 Å². The lowest BCUT2D eigenvalue weighted by Crippen LogP contribution is -2.15. The first-order valence-electron chi connectivity index (χ1n) is 7.87. The highest BCUT2D eigenvalue weighted by Crippen LogP contribution is 2.14. The van der Waals surface area contributed by atoms with Crippen molar-refractivity contribution in [2.45, 2.75) is 58.0 Å². The first-order chi connectivity index (χ1) is 9.85. The second kappa shape index (κ2) is 9.10. The molecule has 1 aliphatic rings. The number of ether oxygens (including phenoxy) is 1. The maximum absolute atomic E-state index is 11.7. The molecule has 5 nitrogen and oxygen atoms in total. The summed E-state index contributed by atoms with van der Waals surface area (Å²) >= 11 is 0. The second-order valence-electron chi connectivity index (χ2n) is 5.84. The molecule has 1 heterocycles. The van der Waals surface area contributed by atoms with E-state index in [9.17, 15) is 16.8 Å². The molecule has 1 saturated heterocycles. The van der Waals surface area contributed by atoms with Crippen LogP contribution in [0.25, 0.3) is 0 Å². The van der Waals surface area contributed by atoms with Crippen molar-refractivity contribution in [2.24, 2.45) is 0 Å². The molecule has 1 unspecified atom stereocenters. The van der Waals surface area contributed by atoms with E-state index in [-0.39, 0.29) is 29.1 Å². The maximum atomic E-state index is 11.7. The Bertz CT molecular complexity index is 477. The molecule has 0 saturated carbocycles. The minimum absolute atomic E-state index is 0.0803. The molecule has 0 aromatic carbocycles. The Morgan fingerprint density at radius 3 is 1.76 bits per heavy atom. The molecule has 0 amide bonds. The number of hydrogen-bond acceptors (Lipinski definition) is 5. The third-order valence-electron chi connectivity index (χ3n) is 3.56. The Hall–Kier alpha value is -0.140. The molecule has 0 N–H and O–H groups in total. The van der Waals surface area contributed by atoms with Gasteiger partial charge in [-0.2, -0.15) is 0 Å². The lowest BCUT2D eigenvalue weighted by molar-refractivity contribution is 0.422. The Kier molecular flexibility index (Phi) is 8.19. The van der Waals surface area contributed by atoms with E-state index in [1.54, 1.807) is 0 Å². The van der Waals surface area contributed by atoms with Crippen molar-refractivity contribution < 1.29 is 21.6 Å². The standard InChI is InChI=1S/C14H28O5S2/c1-2-3-6-9-20(15,16)10-7-4-5-8-11-21(17,18)13-14-12-19-14/h14H,2-13H2,1H3. The van der Waals surface area contributed by atoms with Crippen LogP contribution in [0.3, 0.4) is 0 Å². The maximum Gasteiger partial charge on any atom is 0.152 e.